The van der Waals surface area contributed by atoms with Crippen molar-refractivity contribution < 1.29 is 24.2 Å². The van der Waals surface area contributed by atoms with E-state index in [1.54, 1.807) is 45.9 Å². The fraction of sp³-hybridized carbons (Fsp3) is 0.667. The van der Waals surface area contributed by atoms with Gasteiger partial charge < -0.3 is 25.4 Å². The maximum Gasteiger partial charge on any atom is 0.408 e. The Morgan fingerprint density at radius 3 is 2.29 bits per heavy atom. The number of hydrogen-bond donors (Lipinski definition) is 3. The van der Waals surface area contributed by atoms with E-state index in [-0.39, 0.29) is 24.2 Å². The Hall–Kier alpha value is -2.77. The number of carbonyl (C=O) groups is 3. The molecule has 0 aliphatic carbocycles. The summed E-state index contributed by atoms with van der Waals surface area (Å²) in [5.74, 6) is -0.816. The molecule has 0 fully saturated rings. The Labute approximate surface area is 210 Å². The summed E-state index contributed by atoms with van der Waals surface area (Å²) in [6.45, 7) is 12.8. The molecule has 3 amide bonds. The smallest absolute Gasteiger partial charge is 0.408 e. The third kappa shape index (κ3) is 11.0. The highest BCUT2D eigenvalue weighted by Crippen LogP contribution is 2.32. The monoisotopic (exact) mass is 491 g/mol. The van der Waals surface area contributed by atoms with Crippen LogP contribution in [0.4, 0.5) is 4.79 Å². The van der Waals surface area contributed by atoms with Gasteiger partial charge in [0.15, 0.2) is 0 Å². The maximum absolute atomic E-state index is 13.4. The first-order valence-electron chi connectivity index (χ1n) is 12.7. The summed E-state index contributed by atoms with van der Waals surface area (Å²) in [5, 5.41) is 16.2. The van der Waals surface area contributed by atoms with Crippen molar-refractivity contribution >= 4 is 17.9 Å². The molecule has 198 valence electrons. The molecular formula is C27H45N3O5. The minimum absolute atomic E-state index is 0.0164. The Morgan fingerprint density at radius 2 is 1.69 bits per heavy atom. The molecule has 0 heterocycles. The SMILES string of the molecule is CCCCCCCCN(C(=O)CNC(=O)OC(C)(C)C)C(C(=O)NC(C)C)c1cccc(C)c1O. The van der Waals surface area contributed by atoms with Gasteiger partial charge in [-0.3, -0.25) is 9.59 Å². The van der Waals surface area contributed by atoms with E-state index in [0.717, 1.165) is 25.7 Å². The molecule has 0 aliphatic heterocycles. The molecule has 1 aromatic carbocycles. The van der Waals surface area contributed by atoms with Crippen LogP contribution in [0.3, 0.4) is 0 Å². The molecule has 1 unspecified atom stereocenters. The number of aryl methyl sites for hydroxylation is 1. The number of phenolic OH excluding ortho intramolecular Hbond substituents is 1. The van der Waals surface area contributed by atoms with Crippen molar-refractivity contribution in [3.63, 3.8) is 0 Å². The van der Waals surface area contributed by atoms with Crippen molar-refractivity contribution in [1.29, 1.82) is 0 Å². The van der Waals surface area contributed by atoms with Gasteiger partial charge in [0.2, 0.25) is 11.8 Å². The highest BCUT2D eigenvalue weighted by atomic mass is 16.6. The third-order valence-electron chi connectivity index (χ3n) is 5.41. The van der Waals surface area contributed by atoms with Gasteiger partial charge in [-0.15, -0.1) is 0 Å². The van der Waals surface area contributed by atoms with E-state index in [0.29, 0.717) is 24.1 Å². The Morgan fingerprint density at radius 1 is 1.06 bits per heavy atom. The molecule has 8 heteroatoms. The summed E-state index contributed by atoms with van der Waals surface area (Å²) in [7, 11) is 0. The predicted octanol–water partition coefficient (Wildman–Crippen LogP) is 4.98. The van der Waals surface area contributed by atoms with Crippen LogP contribution in [0.15, 0.2) is 18.2 Å². The number of aromatic hydroxyl groups is 1. The quantitative estimate of drug-likeness (QED) is 0.337. The second-order valence-corrected chi connectivity index (χ2v) is 10.3. The number of rotatable bonds is 13. The number of ether oxygens (including phenoxy) is 1. The molecule has 1 atom stereocenters. The van der Waals surface area contributed by atoms with Gasteiger partial charge in [-0.2, -0.15) is 0 Å². The molecule has 3 N–H and O–H groups in total. The molecular weight excluding hydrogens is 446 g/mol. The Kier molecular flexibility index (Phi) is 12.6. The van der Waals surface area contributed by atoms with Crippen LogP contribution >= 0.6 is 0 Å². The lowest BCUT2D eigenvalue weighted by atomic mass is 9.99. The first-order valence-corrected chi connectivity index (χ1v) is 12.7. The summed E-state index contributed by atoms with van der Waals surface area (Å²) in [4.78, 5) is 40.3. The number of nitrogens with one attached hydrogen (secondary N) is 2. The van der Waals surface area contributed by atoms with Crippen LogP contribution in [0.5, 0.6) is 5.75 Å². The zero-order valence-corrected chi connectivity index (χ0v) is 22.6. The fourth-order valence-corrected chi connectivity index (χ4v) is 3.74. The van der Waals surface area contributed by atoms with Crippen LogP contribution in [-0.4, -0.2) is 52.6 Å². The van der Waals surface area contributed by atoms with Gasteiger partial charge in [0.05, 0.1) is 0 Å². The standard InChI is InChI=1S/C27H45N3O5/c1-8-9-10-11-12-13-17-30(22(31)18-28-26(34)35-27(5,6)7)23(25(33)29-19(2)3)21-16-14-15-20(4)24(21)32/h14-16,19,23,32H,8-13,17-18H2,1-7H3,(H,28,34)(H,29,33). The summed E-state index contributed by atoms with van der Waals surface area (Å²) in [6, 6.07) is 3.99. The normalized spacial score (nSPS) is 12.2. The largest absolute Gasteiger partial charge is 0.507 e. The minimum atomic E-state index is -1.03. The van der Waals surface area contributed by atoms with Gasteiger partial charge in [0.1, 0.15) is 23.9 Å². The van der Waals surface area contributed by atoms with E-state index in [2.05, 4.69) is 17.6 Å². The van der Waals surface area contributed by atoms with Crippen molar-refractivity contribution in [3.05, 3.63) is 29.3 Å². The summed E-state index contributed by atoms with van der Waals surface area (Å²) in [6.07, 6.45) is 5.41. The molecule has 0 bridgehead atoms. The summed E-state index contributed by atoms with van der Waals surface area (Å²) < 4.78 is 5.24. The first-order chi connectivity index (χ1) is 16.4. The van der Waals surface area contributed by atoms with Crippen molar-refractivity contribution in [1.82, 2.24) is 15.5 Å². The number of hydrogen-bond acceptors (Lipinski definition) is 5. The second kappa shape index (κ2) is 14.6. The second-order valence-electron chi connectivity index (χ2n) is 10.3. The van der Waals surface area contributed by atoms with Crippen LogP contribution < -0.4 is 10.6 Å². The zero-order valence-electron chi connectivity index (χ0n) is 22.6. The van der Waals surface area contributed by atoms with Crippen molar-refractivity contribution in [3.8, 4) is 5.75 Å². The number of alkyl carbamates (subject to hydrolysis) is 1. The molecule has 0 aromatic heterocycles. The highest BCUT2D eigenvalue weighted by molar-refractivity contribution is 5.91. The topological polar surface area (TPSA) is 108 Å². The number of carbonyl (C=O) groups excluding carboxylic acids is 3. The lowest BCUT2D eigenvalue weighted by Gasteiger charge is -2.33. The first kappa shape index (κ1) is 30.3. The van der Waals surface area contributed by atoms with Gasteiger partial charge in [0.25, 0.3) is 0 Å². The summed E-state index contributed by atoms with van der Waals surface area (Å²) >= 11 is 0. The Balaban J connectivity index is 3.21. The number of benzene rings is 1. The van der Waals surface area contributed by atoms with Gasteiger partial charge in [0, 0.05) is 18.2 Å². The zero-order chi connectivity index (χ0) is 26.6. The average Bonchev–Trinajstić information content (AvgIpc) is 2.74. The minimum Gasteiger partial charge on any atom is -0.507 e. The fourth-order valence-electron chi connectivity index (χ4n) is 3.74. The molecule has 0 spiro atoms. The molecule has 1 rings (SSSR count). The number of amides is 3. The molecule has 8 nitrogen and oxygen atoms in total. The van der Waals surface area contributed by atoms with Crippen molar-refractivity contribution in [2.45, 2.75) is 105 Å². The number of phenols is 1. The molecule has 0 saturated carbocycles. The van der Waals surface area contributed by atoms with E-state index in [9.17, 15) is 19.5 Å². The van der Waals surface area contributed by atoms with Crippen LogP contribution in [0.25, 0.3) is 0 Å². The molecule has 35 heavy (non-hydrogen) atoms. The van der Waals surface area contributed by atoms with Crippen LogP contribution in [0, 0.1) is 6.92 Å². The summed E-state index contributed by atoms with van der Waals surface area (Å²) in [5.41, 5.74) is 0.279. The number of nitrogens with zero attached hydrogens (tertiary/aromatic N) is 1. The van der Waals surface area contributed by atoms with E-state index in [4.69, 9.17) is 4.74 Å². The van der Waals surface area contributed by atoms with Gasteiger partial charge in [-0.25, -0.2) is 4.79 Å². The third-order valence-corrected chi connectivity index (χ3v) is 5.41. The molecule has 0 radical (unpaired) electrons. The van der Waals surface area contributed by atoms with Crippen LogP contribution in [0.1, 0.15) is 97.2 Å². The number of para-hydroxylation sites is 1. The van der Waals surface area contributed by atoms with Gasteiger partial charge in [-0.05, 0) is 53.5 Å². The average molecular weight is 492 g/mol. The number of unbranched alkanes of at least 4 members (excludes halogenated alkanes) is 5. The highest BCUT2D eigenvalue weighted by Gasteiger charge is 2.34. The molecule has 0 aliphatic rings. The lowest BCUT2D eigenvalue weighted by molar-refractivity contribution is -0.140. The van der Waals surface area contributed by atoms with Crippen molar-refractivity contribution in [2.75, 3.05) is 13.1 Å². The van der Waals surface area contributed by atoms with Crippen LogP contribution in [0.2, 0.25) is 0 Å². The van der Waals surface area contributed by atoms with E-state index >= 15 is 0 Å². The van der Waals surface area contributed by atoms with Crippen molar-refractivity contribution in [2.24, 2.45) is 0 Å². The van der Waals surface area contributed by atoms with E-state index in [1.807, 2.05) is 13.8 Å². The Bertz CT molecular complexity index is 833. The van der Waals surface area contributed by atoms with E-state index in [1.165, 1.54) is 11.3 Å². The maximum atomic E-state index is 13.4. The van der Waals surface area contributed by atoms with Gasteiger partial charge in [-0.1, -0.05) is 57.2 Å². The lowest BCUT2D eigenvalue weighted by Crippen LogP contribution is -2.49. The predicted molar refractivity (Wildman–Crippen MR) is 138 cm³/mol. The molecule has 0 saturated heterocycles. The van der Waals surface area contributed by atoms with Gasteiger partial charge >= 0.3 is 6.09 Å². The van der Waals surface area contributed by atoms with E-state index < -0.39 is 23.6 Å². The van der Waals surface area contributed by atoms with Crippen LogP contribution in [-0.2, 0) is 14.3 Å². The molecule has 1 aromatic rings.